The number of hydrogen-bond donors (Lipinski definition) is 2. The molecule has 0 atom stereocenters. The Morgan fingerprint density at radius 3 is 2.32 bits per heavy atom. The van der Waals surface area contributed by atoms with Crippen LogP contribution in [-0.4, -0.2) is 23.5 Å². The van der Waals surface area contributed by atoms with Gasteiger partial charge in [0.2, 0.25) is 5.91 Å². The number of carboxylic acids is 1. The predicted octanol–water partition coefficient (Wildman–Crippen LogP) is 2.35. The van der Waals surface area contributed by atoms with E-state index in [1.54, 1.807) is 12.1 Å². The highest BCUT2D eigenvalue weighted by Gasteiger charge is 2.42. The van der Waals surface area contributed by atoms with E-state index in [1.807, 2.05) is 12.1 Å². The summed E-state index contributed by atoms with van der Waals surface area (Å²) >= 11 is 5.87. The molecule has 19 heavy (non-hydrogen) atoms. The predicted molar refractivity (Wildman–Crippen MR) is 72.2 cm³/mol. The lowest BCUT2D eigenvalue weighted by Crippen LogP contribution is -2.44. The fourth-order valence-electron chi connectivity index (χ4n) is 2.72. The molecule has 1 amide bonds. The molecule has 0 aliphatic heterocycles. The molecule has 0 aromatic heterocycles. The summed E-state index contributed by atoms with van der Waals surface area (Å²) in [5.41, 5.74) is 0.317. The van der Waals surface area contributed by atoms with Crippen molar-refractivity contribution in [2.24, 2.45) is 0 Å². The van der Waals surface area contributed by atoms with Crippen LogP contribution in [0, 0.1) is 0 Å². The molecule has 1 aliphatic carbocycles. The second-order valence-electron chi connectivity index (χ2n) is 4.87. The van der Waals surface area contributed by atoms with E-state index in [-0.39, 0.29) is 12.5 Å². The topological polar surface area (TPSA) is 66.4 Å². The fraction of sp³-hybridized carbons (Fsp3) is 0.429. The van der Waals surface area contributed by atoms with Gasteiger partial charge in [-0.1, -0.05) is 36.6 Å². The third kappa shape index (κ3) is 2.89. The van der Waals surface area contributed by atoms with Gasteiger partial charge in [-0.15, -0.1) is 0 Å². The van der Waals surface area contributed by atoms with Gasteiger partial charge in [0.15, 0.2) is 0 Å². The average Bonchev–Trinajstić information content (AvgIpc) is 2.87. The van der Waals surface area contributed by atoms with Crippen molar-refractivity contribution >= 4 is 23.5 Å². The van der Waals surface area contributed by atoms with Crippen LogP contribution in [-0.2, 0) is 15.0 Å². The number of carboxylic acid groups (broad SMARTS) is 1. The summed E-state index contributed by atoms with van der Waals surface area (Å²) in [6.45, 7) is -0.339. The molecule has 2 N–H and O–H groups in total. The Hall–Kier alpha value is -1.55. The standard InChI is InChI=1S/C14H16ClNO3/c15-11-5-3-10(4-6-11)14(7-1-2-8-14)13(19)16-9-12(17)18/h3-6H,1-2,7-9H2,(H,16,19)(H,17,18). The van der Waals surface area contributed by atoms with Crippen LogP contribution in [0.1, 0.15) is 31.2 Å². The molecule has 0 heterocycles. The van der Waals surface area contributed by atoms with Crippen LogP contribution in [0.25, 0.3) is 0 Å². The van der Waals surface area contributed by atoms with Gasteiger partial charge in [-0.2, -0.15) is 0 Å². The number of carbonyl (C=O) groups excluding carboxylic acids is 1. The Morgan fingerprint density at radius 2 is 1.79 bits per heavy atom. The third-order valence-corrected chi connectivity index (χ3v) is 3.94. The van der Waals surface area contributed by atoms with Crippen LogP contribution in [0.5, 0.6) is 0 Å². The molecule has 1 fully saturated rings. The van der Waals surface area contributed by atoms with Crippen LogP contribution in [0.2, 0.25) is 5.02 Å². The van der Waals surface area contributed by atoms with Crippen molar-refractivity contribution < 1.29 is 14.7 Å². The monoisotopic (exact) mass is 281 g/mol. The Kier molecular flexibility index (Phi) is 4.10. The second-order valence-corrected chi connectivity index (χ2v) is 5.31. The lowest BCUT2D eigenvalue weighted by molar-refractivity contribution is -0.138. The SMILES string of the molecule is O=C(O)CNC(=O)C1(c2ccc(Cl)cc2)CCCC1. The summed E-state index contributed by atoms with van der Waals surface area (Å²) in [6.07, 6.45) is 3.45. The van der Waals surface area contributed by atoms with E-state index in [2.05, 4.69) is 5.32 Å². The molecule has 0 spiro atoms. The minimum atomic E-state index is -1.03. The summed E-state index contributed by atoms with van der Waals surface area (Å²) in [4.78, 5) is 22.9. The van der Waals surface area contributed by atoms with E-state index in [4.69, 9.17) is 16.7 Å². The van der Waals surface area contributed by atoms with Gasteiger partial charge in [-0.05, 0) is 30.5 Å². The molecule has 0 saturated heterocycles. The number of hydrogen-bond acceptors (Lipinski definition) is 2. The van der Waals surface area contributed by atoms with Crippen LogP contribution < -0.4 is 5.32 Å². The number of aliphatic carboxylic acids is 1. The molecule has 1 aromatic rings. The molecule has 0 bridgehead atoms. The number of amides is 1. The van der Waals surface area contributed by atoms with E-state index >= 15 is 0 Å². The van der Waals surface area contributed by atoms with Gasteiger partial charge in [0, 0.05) is 5.02 Å². The Morgan fingerprint density at radius 1 is 1.21 bits per heavy atom. The van der Waals surface area contributed by atoms with Crippen LogP contribution in [0.4, 0.5) is 0 Å². The summed E-state index contributed by atoms with van der Waals surface area (Å²) in [5.74, 6) is -1.23. The normalized spacial score (nSPS) is 17.1. The maximum atomic E-state index is 12.3. The van der Waals surface area contributed by atoms with Crippen molar-refractivity contribution in [2.45, 2.75) is 31.1 Å². The lowest BCUT2D eigenvalue weighted by Gasteiger charge is -2.28. The quantitative estimate of drug-likeness (QED) is 0.890. The van der Waals surface area contributed by atoms with Crippen LogP contribution >= 0.6 is 11.6 Å². The van der Waals surface area contributed by atoms with E-state index in [0.717, 1.165) is 31.2 Å². The molecular weight excluding hydrogens is 266 g/mol. The molecular formula is C14H16ClNO3. The molecule has 4 nitrogen and oxygen atoms in total. The highest BCUT2D eigenvalue weighted by molar-refractivity contribution is 6.30. The van der Waals surface area contributed by atoms with Crippen LogP contribution in [0.15, 0.2) is 24.3 Å². The Bertz CT molecular complexity index is 478. The zero-order valence-electron chi connectivity index (χ0n) is 10.5. The number of benzene rings is 1. The molecule has 102 valence electrons. The van der Waals surface area contributed by atoms with Gasteiger partial charge in [0.05, 0.1) is 5.41 Å². The first-order valence-corrected chi connectivity index (χ1v) is 6.68. The summed E-state index contributed by atoms with van der Waals surface area (Å²) in [5, 5.41) is 11.8. The van der Waals surface area contributed by atoms with E-state index < -0.39 is 11.4 Å². The first kappa shape index (κ1) is 13.9. The number of rotatable bonds is 4. The first-order chi connectivity index (χ1) is 9.04. The van der Waals surface area contributed by atoms with Gasteiger partial charge < -0.3 is 10.4 Å². The van der Waals surface area contributed by atoms with Crippen molar-refractivity contribution in [3.8, 4) is 0 Å². The molecule has 0 unspecified atom stereocenters. The van der Waals surface area contributed by atoms with Gasteiger partial charge in [-0.3, -0.25) is 9.59 Å². The first-order valence-electron chi connectivity index (χ1n) is 6.31. The van der Waals surface area contributed by atoms with Gasteiger partial charge in [0.25, 0.3) is 0 Å². The maximum absolute atomic E-state index is 12.3. The zero-order valence-corrected chi connectivity index (χ0v) is 11.2. The highest BCUT2D eigenvalue weighted by atomic mass is 35.5. The molecule has 1 aliphatic rings. The highest BCUT2D eigenvalue weighted by Crippen LogP contribution is 2.41. The van der Waals surface area contributed by atoms with Crippen molar-refractivity contribution in [1.29, 1.82) is 0 Å². The van der Waals surface area contributed by atoms with E-state index in [0.29, 0.717) is 5.02 Å². The molecule has 1 aromatic carbocycles. The van der Waals surface area contributed by atoms with Crippen molar-refractivity contribution in [3.63, 3.8) is 0 Å². The zero-order chi connectivity index (χ0) is 13.9. The average molecular weight is 282 g/mol. The molecule has 2 rings (SSSR count). The molecule has 5 heteroatoms. The Balaban J connectivity index is 2.24. The van der Waals surface area contributed by atoms with E-state index in [1.165, 1.54) is 0 Å². The van der Waals surface area contributed by atoms with Gasteiger partial charge >= 0.3 is 5.97 Å². The minimum Gasteiger partial charge on any atom is -0.480 e. The number of halogens is 1. The fourth-order valence-corrected chi connectivity index (χ4v) is 2.85. The van der Waals surface area contributed by atoms with E-state index in [9.17, 15) is 9.59 Å². The summed E-state index contributed by atoms with van der Waals surface area (Å²) in [7, 11) is 0. The third-order valence-electron chi connectivity index (χ3n) is 3.69. The molecule has 0 radical (unpaired) electrons. The second kappa shape index (κ2) is 5.61. The summed E-state index contributed by atoms with van der Waals surface area (Å²) < 4.78 is 0. The summed E-state index contributed by atoms with van der Waals surface area (Å²) in [6, 6.07) is 7.24. The van der Waals surface area contributed by atoms with Crippen molar-refractivity contribution in [2.75, 3.05) is 6.54 Å². The van der Waals surface area contributed by atoms with Gasteiger partial charge in [-0.25, -0.2) is 0 Å². The largest absolute Gasteiger partial charge is 0.480 e. The van der Waals surface area contributed by atoms with Crippen molar-refractivity contribution in [3.05, 3.63) is 34.9 Å². The smallest absolute Gasteiger partial charge is 0.322 e. The van der Waals surface area contributed by atoms with Crippen LogP contribution in [0.3, 0.4) is 0 Å². The Labute approximate surface area is 116 Å². The maximum Gasteiger partial charge on any atom is 0.322 e. The minimum absolute atomic E-state index is 0.199. The lowest BCUT2D eigenvalue weighted by atomic mass is 9.78. The van der Waals surface area contributed by atoms with Gasteiger partial charge in [0.1, 0.15) is 6.54 Å². The number of nitrogens with one attached hydrogen (secondary N) is 1. The number of carbonyl (C=O) groups is 2. The molecule has 1 saturated carbocycles. The van der Waals surface area contributed by atoms with Crippen molar-refractivity contribution in [1.82, 2.24) is 5.32 Å².